The molecule has 1 N–H and O–H groups in total. The predicted molar refractivity (Wildman–Crippen MR) is 135 cm³/mol. The summed E-state index contributed by atoms with van der Waals surface area (Å²) in [6, 6.07) is 6.88. The highest BCUT2D eigenvalue weighted by atomic mass is 35.5. The molecule has 3 fully saturated rings. The highest BCUT2D eigenvalue weighted by molar-refractivity contribution is 6.30. The van der Waals surface area contributed by atoms with Crippen molar-refractivity contribution < 1.29 is 28.2 Å². The van der Waals surface area contributed by atoms with Gasteiger partial charge >= 0.3 is 5.97 Å². The maximum atomic E-state index is 15.1. The number of hydrogen-bond acceptors (Lipinski definition) is 4. The first-order valence-electron chi connectivity index (χ1n) is 13.0. The smallest absolute Gasteiger partial charge is 0.326 e. The number of carboxylic acids is 1. The van der Waals surface area contributed by atoms with Gasteiger partial charge in [0.1, 0.15) is 23.4 Å². The minimum absolute atomic E-state index is 0.0747. The first-order chi connectivity index (χ1) is 17.8. The lowest BCUT2D eigenvalue weighted by molar-refractivity contribution is -0.141. The molecule has 3 aliphatic rings. The first kappa shape index (κ1) is 25.9. The third kappa shape index (κ3) is 5.91. The van der Waals surface area contributed by atoms with Crippen LogP contribution in [0, 0.1) is 17.6 Å². The molecule has 0 bridgehead atoms. The Kier molecular flexibility index (Phi) is 7.67. The van der Waals surface area contributed by atoms with E-state index < -0.39 is 29.6 Å². The third-order valence-corrected chi connectivity index (χ3v) is 8.02. The standard InChI is InChI=1S/C28H31ClF2N2O4/c29-22-6-3-18(12-24(22)31)15-32-10-7-17(8-11-32)16-37-26-14-23(30)21(13-20(26)19-4-5-19)27(34)33-9-1-2-25(33)28(35)36/h3,6,12-14,17,19,25H,1-2,4-5,7-11,15-16H2,(H,35,36)/t25-/m0/s1. The molecule has 1 saturated carbocycles. The lowest BCUT2D eigenvalue weighted by Gasteiger charge is -2.32. The molecule has 37 heavy (non-hydrogen) atoms. The summed E-state index contributed by atoms with van der Waals surface area (Å²) in [5.41, 5.74) is 1.65. The third-order valence-electron chi connectivity index (χ3n) is 7.72. The van der Waals surface area contributed by atoms with E-state index in [1.165, 1.54) is 17.0 Å². The number of amides is 1. The van der Waals surface area contributed by atoms with Crippen LogP contribution >= 0.6 is 11.6 Å². The van der Waals surface area contributed by atoms with Crippen molar-refractivity contribution in [3.8, 4) is 5.75 Å². The summed E-state index contributed by atoms with van der Waals surface area (Å²) in [5.74, 6) is -1.68. The normalized spacial score (nSPS) is 20.8. The van der Waals surface area contributed by atoms with Crippen LogP contribution in [0.4, 0.5) is 8.78 Å². The fraction of sp³-hybridized carbons (Fsp3) is 0.500. The SMILES string of the molecule is O=C(O)[C@@H]1CCCN1C(=O)c1cc(C2CC2)c(OCC2CCN(Cc3ccc(Cl)c(F)c3)CC2)cc1F. The molecular formula is C28H31ClF2N2O4. The van der Waals surface area contributed by atoms with Crippen LogP contribution in [0.1, 0.15) is 65.9 Å². The molecule has 0 aromatic heterocycles. The molecule has 2 aromatic carbocycles. The minimum atomic E-state index is -1.06. The van der Waals surface area contributed by atoms with Crippen molar-refractivity contribution in [2.24, 2.45) is 5.92 Å². The maximum absolute atomic E-state index is 15.1. The average molecular weight is 533 g/mol. The number of piperidine rings is 1. The van der Waals surface area contributed by atoms with Gasteiger partial charge in [0, 0.05) is 19.2 Å². The number of halogens is 3. The quantitative estimate of drug-likeness (QED) is 0.488. The first-order valence-corrected chi connectivity index (χ1v) is 13.3. The van der Waals surface area contributed by atoms with E-state index in [2.05, 4.69) is 4.90 Å². The van der Waals surface area contributed by atoms with Crippen LogP contribution in [0.15, 0.2) is 30.3 Å². The van der Waals surface area contributed by atoms with Gasteiger partial charge in [0.2, 0.25) is 0 Å². The second kappa shape index (κ2) is 11.0. The van der Waals surface area contributed by atoms with Gasteiger partial charge in [-0.1, -0.05) is 17.7 Å². The van der Waals surface area contributed by atoms with Gasteiger partial charge in [-0.05, 0) is 92.8 Å². The Morgan fingerprint density at radius 2 is 1.76 bits per heavy atom. The number of rotatable bonds is 8. The topological polar surface area (TPSA) is 70.1 Å². The van der Waals surface area contributed by atoms with Gasteiger partial charge in [0.25, 0.3) is 5.91 Å². The molecular weight excluding hydrogens is 502 g/mol. The summed E-state index contributed by atoms with van der Waals surface area (Å²) in [6.45, 7) is 3.15. The lowest BCUT2D eigenvalue weighted by Crippen LogP contribution is -2.40. The molecule has 0 spiro atoms. The Morgan fingerprint density at radius 3 is 2.43 bits per heavy atom. The zero-order valence-electron chi connectivity index (χ0n) is 20.6. The predicted octanol–water partition coefficient (Wildman–Crippen LogP) is 5.48. The van der Waals surface area contributed by atoms with Crippen LogP contribution in [0.2, 0.25) is 5.02 Å². The molecule has 1 amide bonds. The van der Waals surface area contributed by atoms with Crippen LogP contribution in [0.5, 0.6) is 5.75 Å². The zero-order chi connectivity index (χ0) is 26.1. The minimum Gasteiger partial charge on any atom is -0.493 e. The van der Waals surface area contributed by atoms with Gasteiger partial charge in [-0.15, -0.1) is 0 Å². The molecule has 2 saturated heterocycles. The molecule has 9 heteroatoms. The van der Waals surface area contributed by atoms with E-state index in [1.54, 1.807) is 12.1 Å². The summed E-state index contributed by atoms with van der Waals surface area (Å²) >= 11 is 5.78. The molecule has 1 aliphatic carbocycles. The zero-order valence-corrected chi connectivity index (χ0v) is 21.4. The molecule has 1 atom stereocenters. The van der Waals surface area contributed by atoms with Crippen molar-refractivity contribution in [3.05, 3.63) is 63.7 Å². The highest BCUT2D eigenvalue weighted by Gasteiger charge is 2.37. The lowest BCUT2D eigenvalue weighted by atomic mass is 9.97. The number of ether oxygens (including phenoxy) is 1. The van der Waals surface area contributed by atoms with Gasteiger partial charge in [0.15, 0.2) is 0 Å². The number of carboxylic acid groups (broad SMARTS) is 1. The van der Waals surface area contributed by atoms with Gasteiger partial charge in [-0.2, -0.15) is 0 Å². The van der Waals surface area contributed by atoms with E-state index in [9.17, 15) is 19.1 Å². The van der Waals surface area contributed by atoms with Crippen LogP contribution in [-0.4, -0.2) is 59.1 Å². The number of benzene rings is 2. The van der Waals surface area contributed by atoms with Gasteiger partial charge < -0.3 is 14.7 Å². The molecule has 2 aromatic rings. The second-order valence-electron chi connectivity index (χ2n) is 10.4. The van der Waals surface area contributed by atoms with E-state index in [-0.39, 0.29) is 16.5 Å². The molecule has 5 rings (SSSR count). The monoisotopic (exact) mass is 532 g/mol. The Hall–Kier alpha value is -2.71. The summed E-state index contributed by atoms with van der Waals surface area (Å²) in [5, 5.41) is 9.54. The summed E-state index contributed by atoms with van der Waals surface area (Å²) < 4.78 is 35.0. The number of aliphatic carboxylic acids is 1. The van der Waals surface area contributed by atoms with Crippen LogP contribution < -0.4 is 4.74 Å². The second-order valence-corrected chi connectivity index (χ2v) is 10.8. The van der Waals surface area contributed by atoms with Crippen molar-refractivity contribution >= 4 is 23.5 Å². The number of carbonyl (C=O) groups excluding carboxylic acids is 1. The van der Waals surface area contributed by atoms with Crippen LogP contribution in [0.3, 0.4) is 0 Å². The van der Waals surface area contributed by atoms with Crippen molar-refractivity contribution in [1.82, 2.24) is 9.80 Å². The molecule has 198 valence electrons. The number of hydrogen-bond donors (Lipinski definition) is 1. The molecule has 2 aliphatic heterocycles. The molecule has 6 nitrogen and oxygen atoms in total. The summed E-state index contributed by atoms with van der Waals surface area (Å²) in [4.78, 5) is 28.1. The Morgan fingerprint density at radius 1 is 1.00 bits per heavy atom. The summed E-state index contributed by atoms with van der Waals surface area (Å²) in [6.07, 6.45) is 4.73. The highest BCUT2D eigenvalue weighted by Crippen LogP contribution is 2.45. The van der Waals surface area contributed by atoms with Gasteiger partial charge in [0.05, 0.1) is 17.2 Å². The fourth-order valence-corrected chi connectivity index (χ4v) is 5.53. The Bertz CT molecular complexity index is 1180. The van der Waals surface area contributed by atoms with Crippen molar-refractivity contribution in [2.45, 2.75) is 57.0 Å². The van der Waals surface area contributed by atoms with Crippen molar-refractivity contribution in [1.29, 1.82) is 0 Å². The van der Waals surface area contributed by atoms with E-state index in [4.69, 9.17) is 16.3 Å². The Balaban J connectivity index is 1.20. The molecule has 0 radical (unpaired) electrons. The fourth-order valence-electron chi connectivity index (χ4n) is 5.41. The van der Waals surface area contributed by atoms with E-state index in [0.29, 0.717) is 44.2 Å². The summed E-state index contributed by atoms with van der Waals surface area (Å²) in [7, 11) is 0. The largest absolute Gasteiger partial charge is 0.493 e. The van der Waals surface area contributed by atoms with Crippen LogP contribution in [0.25, 0.3) is 0 Å². The van der Waals surface area contributed by atoms with Crippen molar-refractivity contribution in [3.63, 3.8) is 0 Å². The molecule has 0 unspecified atom stereocenters. The van der Waals surface area contributed by atoms with Gasteiger partial charge in [-0.25, -0.2) is 13.6 Å². The Labute approximate surface area is 220 Å². The van der Waals surface area contributed by atoms with E-state index >= 15 is 4.39 Å². The van der Waals surface area contributed by atoms with E-state index in [1.807, 2.05) is 6.07 Å². The van der Waals surface area contributed by atoms with Crippen molar-refractivity contribution in [2.75, 3.05) is 26.2 Å². The number of carbonyl (C=O) groups is 2. The maximum Gasteiger partial charge on any atom is 0.326 e. The number of likely N-dealkylation sites (tertiary alicyclic amines) is 2. The molecule has 2 heterocycles. The number of nitrogens with zero attached hydrogens (tertiary/aromatic N) is 2. The average Bonchev–Trinajstić information content (AvgIpc) is 3.60. The van der Waals surface area contributed by atoms with Gasteiger partial charge in [-0.3, -0.25) is 9.69 Å². The van der Waals surface area contributed by atoms with E-state index in [0.717, 1.165) is 49.9 Å². The van der Waals surface area contributed by atoms with Crippen LogP contribution in [-0.2, 0) is 11.3 Å².